The Labute approximate surface area is 119 Å². The van der Waals surface area contributed by atoms with Crippen LogP contribution in [0.25, 0.3) is 0 Å². The van der Waals surface area contributed by atoms with Crippen molar-refractivity contribution >= 4 is 5.91 Å². The Morgan fingerprint density at radius 1 is 1.50 bits per heavy atom. The molecule has 6 nitrogen and oxygen atoms in total. The molecule has 1 aromatic rings. The van der Waals surface area contributed by atoms with E-state index in [1.54, 1.807) is 6.92 Å². The highest BCUT2D eigenvalue weighted by Crippen LogP contribution is 2.32. The van der Waals surface area contributed by atoms with Gasteiger partial charge in [0, 0.05) is 32.0 Å². The van der Waals surface area contributed by atoms with Crippen LogP contribution in [0.4, 0.5) is 0 Å². The molecule has 20 heavy (non-hydrogen) atoms. The fourth-order valence-corrected chi connectivity index (χ4v) is 2.57. The van der Waals surface area contributed by atoms with E-state index in [4.69, 9.17) is 4.52 Å². The maximum Gasteiger partial charge on any atom is 0.231 e. The van der Waals surface area contributed by atoms with E-state index >= 15 is 0 Å². The van der Waals surface area contributed by atoms with Crippen molar-refractivity contribution in [2.45, 2.75) is 39.5 Å². The minimum Gasteiger partial charge on any atom is -0.396 e. The molecule has 1 N–H and O–H groups in total. The molecule has 1 fully saturated rings. The molecule has 0 bridgehead atoms. The number of amides is 1. The summed E-state index contributed by atoms with van der Waals surface area (Å²) in [5.74, 6) is 1.71. The van der Waals surface area contributed by atoms with E-state index in [-0.39, 0.29) is 24.3 Å². The van der Waals surface area contributed by atoms with Crippen LogP contribution in [0.2, 0.25) is 0 Å². The summed E-state index contributed by atoms with van der Waals surface area (Å²) in [6, 6.07) is 0. The molecule has 0 aromatic carbocycles. The van der Waals surface area contributed by atoms with Crippen molar-refractivity contribution in [3.63, 3.8) is 0 Å². The van der Waals surface area contributed by atoms with Crippen LogP contribution in [0, 0.1) is 18.8 Å². The Hall–Kier alpha value is -1.43. The third-order valence-corrected chi connectivity index (χ3v) is 3.82. The second-order valence-electron chi connectivity index (χ2n) is 5.96. The van der Waals surface area contributed by atoms with Gasteiger partial charge in [-0.1, -0.05) is 19.0 Å². The first kappa shape index (κ1) is 15.0. The molecule has 0 saturated carbocycles. The molecular weight excluding hydrogens is 258 g/mol. The molecule has 0 spiro atoms. The first-order chi connectivity index (χ1) is 9.51. The summed E-state index contributed by atoms with van der Waals surface area (Å²) in [4.78, 5) is 18.2. The van der Waals surface area contributed by atoms with E-state index in [0.717, 1.165) is 6.42 Å². The Morgan fingerprint density at radius 3 is 2.80 bits per heavy atom. The normalized spacial score (nSPS) is 22.8. The second-order valence-corrected chi connectivity index (χ2v) is 5.96. The number of rotatable bonds is 5. The number of hydrogen-bond donors (Lipinski definition) is 1. The lowest BCUT2D eigenvalue weighted by Gasteiger charge is -2.16. The first-order valence-electron chi connectivity index (χ1n) is 7.20. The average Bonchev–Trinajstić information content (AvgIpc) is 3.01. The van der Waals surface area contributed by atoms with Crippen LogP contribution >= 0.6 is 0 Å². The van der Waals surface area contributed by atoms with Crippen LogP contribution in [-0.2, 0) is 4.79 Å². The molecule has 1 aromatic heterocycles. The molecule has 2 atom stereocenters. The standard InChI is InChI=1S/C14H23N3O3/c1-9(2)4-5-13(19)17-6-11(8-18)12(7-17)14-15-10(3)16-20-14/h9,11-12,18H,4-8H2,1-3H3/t11-,12+/m0/s1. The first-order valence-corrected chi connectivity index (χ1v) is 7.20. The number of carbonyl (C=O) groups excluding carboxylic acids is 1. The van der Waals surface area contributed by atoms with Crippen molar-refractivity contribution in [2.24, 2.45) is 11.8 Å². The highest BCUT2D eigenvalue weighted by atomic mass is 16.5. The number of nitrogens with zero attached hydrogens (tertiary/aromatic N) is 3. The molecule has 2 rings (SSSR count). The lowest BCUT2D eigenvalue weighted by atomic mass is 9.97. The number of aliphatic hydroxyl groups excluding tert-OH is 1. The number of aryl methyl sites for hydroxylation is 1. The van der Waals surface area contributed by atoms with Gasteiger partial charge in [0.1, 0.15) is 0 Å². The Kier molecular flexibility index (Phi) is 4.75. The van der Waals surface area contributed by atoms with Gasteiger partial charge in [0.05, 0.1) is 5.92 Å². The molecule has 1 aliphatic heterocycles. The van der Waals surface area contributed by atoms with E-state index < -0.39 is 0 Å². The van der Waals surface area contributed by atoms with E-state index in [9.17, 15) is 9.90 Å². The topological polar surface area (TPSA) is 79.5 Å². The summed E-state index contributed by atoms with van der Waals surface area (Å²) in [7, 11) is 0. The number of likely N-dealkylation sites (tertiary alicyclic amines) is 1. The fraction of sp³-hybridized carbons (Fsp3) is 0.786. The molecule has 0 unspecified atom stereocenters. The van der Waals surface area contributed by atoms with Crippen molar-refractivity contribution in [2.75, 3.05) is 19.7 Å². The third kappa shape index (κ3) is 3.36. The van der Waals surface area contributed by atoms with Gasteiger partial charge in [-0.05, 0) is 19.3 Å². The third-order valence-electron chi connectivity index (χ3n) is 3.82. The van der Waals surface area contributed by atoms with Gasteiger partial charge in [-0.25, -0.2) is 0 Å². The van der Waals surface area contributed by atoms with Crippen LogP contribution in [0.1, 0.15) is 44.3 Å². The highest BCUT2D eigenvalue weighted by molar-refractivity contribution is 5.76. The van der Waals surface area contributed by atoms with Crippen LogP contribution in [0.15, 0.2) is 4.52 Å². The maximum atomic E-state index is 12.2. The predicted octanol–water partition coefficient (Wildman–Crippen LogP) is 1.35. The SMILES string of the molecule is Cc1noc([C@@H]2CN(C(=O)CCC(C)C)C[C@H]2CO)n1. The Balaban J connectivity index is 2.00. The minimum atomic E-state index is -0.0517. The zero-order chi connectivity index (χ0) is 14.7. The van der Waals surface area contributed by atoms with Gasteiger partial charge in [0.25, 0.3) is 0 Å². The molecule has 1 aliphatic rings. The lowest BCUT2D eigenvalue weighted by Crippen LogP contribution is -2.29. The molecule has 112 valence electrons. The van der Waals surface area contributed by atoms with Gasteiger partial charge >= 0.3 is 0 Å². The predicted molar refractivity (Wildman–Crippen MR) is 73.0 cm³/mol. The Bertz CT molecular complexity index is 458. The molecule has 0 radical (unpaired) electrons. The molecular formula is C14H23N3O3. The molecule has 0 aliphatic carbocycles. The number of carbonyl (C=O) groups is 1. The van der Waals surface area contributed by atoms with Crippen LogP contribution in [-0.4, -0.2) is 45.8 Å². The molecule has 1 amide bonds. The molecule has 2 heterocycles. The molecule has 6 heteroatoms. The van der Waals surface area contributed by atoms with Gasteiger partial charge in [-0.2, -0.15) is 4.98 Å². The number of aromatic nitrogens is 2. The van der Waals surface area contributed by atoms with Crippen LogP contribution < -0.4 is 0 Å². The van der Waals surface area contributed by atoms with Gasteiger partial charge in [0.15, 0.2) is 5.82 Å². The fourth-order valence-electron chi connectivity index (χ4n) is 2.57. The van der Waals surface area contributed by atoms with Crippen molar-refractivity contribution in [3.8, 4) is 0 Å². The lowest BCUT2D eigenvalue weighted by molar-refractivity contribution is -0.130. The summed E-state index contributed by atoms with van der Waals surface area (Å²) in [6.45, 7) is 7.14. The zero-order valence-corrected chi connectivity index (χ0v) is 12.4. The largest absolute Gasteiger partial charge is 0.396 e. The van der Waals surface area contributed by atoms with Gasteiger partial charge < -0.3 is 14.5 Å². The summed E-state index contributed by atoms with van der Waals surface area (Å²) >= 11 is 0. The number of aliphatic hydroxyl groups is 1. The van der Waals surface area contributed by atoms with E-state index in [1.807, 2.05) is 4.90 Å². The zero-order valence-electron chi connectivity index (χ0n) is 12.4. The smallest absolute Gasteiger partial charge is 0.231 e. The van der Waals surface area contributed by atoms with E-state index in [0.29, 0.717) is 37.1 Å². The number of hydrogen-bond acceptors (Lipinski definition) is 5. The van der Waals surface area contributed by atoms with Crippen molar-refractivity contribution in [3.05, 3.63) is 11.7 Å². The quantitative estimate of drug-likeness (QED) is 0.881. The van der Waals surface area contributed by atoms with Crippen molar-refractivity contribution < 1.29 is 14.4 Å². The average molecular weight is 281 g/mol. The van der Waals surface area contributed by atoms with E-state index in [2.05, 4.69) is 24.0 Å². The summed E-state index contributed by atoms with van der Waals surface area (Å²) in [5, 5.41) is 13.3. The van der Waals surface area contributed by atoms with Crippen LogP contribution in [0.5, 0.6) is 0 Å². The van der Waals surface area contributed by atoms with Gasteiger partial charge in [-0.3, -0.25) is 4.79 Å². The summed E-state index contributed by atoms with van der Waals surface area (Å²) in [6.07, 6.45) is 1.45. The monoisotopic (exact) mass is 281 g/mol. The van der Waals surface area contributed by atoms with Crippen LogP contribution in [0.3, 0.4) is 0 Å². The minimum absolute atomic E-state index is 0.0159. The van der Waals surface area contributed by atoms with Crippen molar-refractivity contribution in [1.29, 1.82) is 0 Å². The van der Waals surface area contributed by atoms with E-state index in [1.165, 1.54) is 0 Å². The van der Waals surface area contributed by atoms with Gasteiger partial charge in [-0.15, -0.1) is 0 Å². The second kappa shape index (κ2) is 6.35. The maximum absolute atomic E-state index is 12.2. The van der Waals surface area contributed by atoms with Gasteiger partial charge in [0.2, 0.25) is 11.8 Å². The molecule has 1 saturated heterocycles. The van der Waals surface area contributed by atoms with Crippen molar-refractivity contribution in [1.82, 2.24) is 15.0 Å². The summed E-state index contributed by atoms with van der Waals surface area (Å²) < 4.78 is 5.20. The summed E-state index contributed by atoms with van der Waals surface area (Å²) in [5.41, 5.74) is 0. The highest BCUT2D eigenvalue weighted by Gasteiger charge is 2.38. The Morgan fingerprint density at radius 2 is 2.25 bits per heavy atom.